The highest BCUT2D eigenvalue weighted by molar-refractivity contribution is 8.00. The van der Waals surface area contributed by atoms with Crippen molar-refractivity contribution in [2.75, 3.05) is 26.0 Å². The van der Waals surface area contributed by atoms with E-state index >= 15 is 0 Å². The number of thioether (sulfide) groups is 1. The molecule has 1 amide bonds. The molecule has 4 rings (SSSR count). The van der Waals surface area contributed by atoms with Crippen molar-refractivity contribution >= 4 is 17.7 Å². The highest BCUT2D eigenvalue weighted by Crippen LogP contribution is 2.31. The van der Waals surface area contributed by atoms with Crippen molar-refractivity contribution in [1.29, 1.82) is 0 Å². The molecule has 1 aromatic heterocycles. The molecule has 1 saturated heterocycles. The molecule has 3 heterocycles. The van der Waals surface area contributed by atoms with E-state index in [0.717, 1.165) is 29.3 Å². The number of carbonyl (C=O) groups is 1. The van der Waals surface area contributed by atoms with E-state index in [0.29, 0.717) is 18.9 Å². The average Bonchev–Trinajstić information content (AvgIpc) is 3.15. The van der Waals surface area contributed by atoms with Gasteiger partial charge in [-0.15, -0.1) is 16.9 Å². The fraction of sp³-hybridized carbons (Fsp3) is 0.471. The molecule has 0 bridgehead atoms. The zero-order valence-corrected chi connectivity index (χ0v) is 14.8. The van der Waals surface area contributed by atoms with Crippen LogP contribution in [0.3, 0.4) is 0 Å². The van der Waals surface area contributed by atoms with Crippen LogP contribution in [-0.2, 0) is 16.1 Å². The first-order chi connectivity index (χ1) is 12.2. The normalized spacial score (nSPS) is 22.2. The minimum absolute atomic E-state index is 0.0609. The number of likely N-dealkylation sites (tertiary alicyclic amines) is 1. The van der Waals surface area contributed by atoms with Crippen molar-refractivity contribution in [1.82, 2.24) is 19.9 Å². The van der Waals surface area contributed by atoms with E-state index in [-0.39, 0.29) is 18.1 Å². The van der Waals surface area contributed by atoms with Gasteiger partial charge in [0.1, 0.15) is 5.75 Å². The van der Waals surface area contributed by atoms with E-state index in [1.54, 1.807) is 13.3 Å². The predicted octanol–water partition coefficient (Wildman–Crippen LogP) is 1.75. The molecule has 0 unspecified atom stereocenters. The summed E-state index contributed by atoms with van der Waals surface area (Å²) in [7, 11) is 1.64. The molecule has 2 aromatic rings. The maximum Gasteiger partial charge on any atom is 0.233 e. The molecule has 7 nitrogen and oxygen atoms in total. The van der Waals surface area contributed by atoms with Crippen molar-refractivity contribution < 1.29 is 14.3 Å². The lowest BCUT2D eigenvalue weighted by Gasteiger charge is -2.41. The lowest BCUT2D eigenvalue weighted by atomic mass is 10.0. The van der Waals surface area contributed by atoms with Crippen molar-refractivity contribution in [3.8, 4) is 5.75 Å². The Morgan fingerprint density at radius 2 is 2.40 bits per heavy atom. The van der Waals surface area contributed by atoms with Gasteiger partial charge in [0.25, 0.3) is 0 Å². The van der Waals surface area contributed by atoms with Crippen LogP contribution in [0.2, 0.25) is 0 Å². The molecule has 0 spiro atoms. The number of nitrogens with zero attached hydrogens (tertiary/aromatic N) is 4. The van der Waals surface area contributed by atoms with E-state index in [1.165, 1.54) is 11.8 Å². The molecule has 0 N–H and O–H groups in total. The third kappa shape index (κ3) is 3.36. The third-order valence-corrected chi connectivity index (χ3v) is 5.66. The lowest BCUT2D eigenvalue weighted by Crippen LogP contribution is -2.50. The summed E-state index contributed by atoms with van der Waals surface area (Å²) < 4.78 is 13.0. The van der Waals surface area contributed by atoms with Gasteiger partial charge in [-0.05, 0) is 24.6 Å². The molecule has 0 aliphatic carbocycles. The molecule has 25 heavy (non-hydrogen) atoms. The van der Waals surface area contributed by atoms with E-state index in [1.807, 2.05) is 33.8 Å². The van der Waals surface area contributed by atoms with E-state index in [4.69, 9.17) is 9.47 Å². The van der Waals surface area contributed by atoms with Gasteiger partial charge in [-0.3, -0.25) is 4.79 Å². The molecular weight excluding hydrogens is 340 g/mol. The quantitative estimate of drug-likeness (QED) is 0.774. The Hall–Kier alpha value is -2.06. The molecule has 2 aliphatic rings. The van der Waals surface area contributed by atoms with Crippen molar-refractivity contribution in [2.24, 2.45) is 0 Å². The van der Waals surface area contributed by atoms with E-state index in [2.05, 4.69) is 10.3 Å². The Labute approximate surface area is 150 Å². The van der Waals surface area contributed by atoms with E-state index in [9.17, 15) is 4.79 Å². The highest BCUT2D eigenvalue weighted by atomic mass is 32.2. The minimum atomic E-state index is 0.0609. The number of hydrogen-bond donors (Lipinski definition) is 0. The summed E-state index contributed by atoms with van der Waals surface area (Å²) in [6, 6.07) is 7.83. The molecular formula is C17H20N4O3S. The Balaban J connectivity index is 1.38. The van der Waals surface area contributed by atoms with Crippen LogP contribution in [0.1, 0.15) is 18.2 Å². The van der Waals surface area contributed by atoms with Crippen LogP contribution in [0.5, 0.6) is 5.75 Å². The number of hydrogen-bond acceptors (Lipinski definition) is 6. The second-order valence-corrected chi connectivity index (χ2v) is 7.23. The Morgan fingerprint density at radius 3 is 3.28 bits per heavy atom. The molecule has 0 radical (unpaired) electrons. The number of benzene rings is 1. The Bertz CT molecular complexity index is 766. The molecule has 1 aromatic carbocycles. The number of amides is 1. The van der Waals surface area contributed by atoms with Crippen LogP contribution in [0, 0.1) is 0 Å². The Kier molecular flexibility index (Phi) is 4.63. The lowest BCUT2D eigenvalue weighted by molar-refractivity contribution is -0.135. The van der Waals surface area contributed by atoms with Crippen LogP contribution < -0.4 is 4.74 Å². The molecule has 2 aliphatic heterocycles. The smallest absolute Gasteiger partial charge is 0.233 e. The summed E-state index contributed by atoms with van der Waals surface area (Å²) in [6.45, 7) is 1.90. The predicted molar refractivity (Wildman–Crippen MR) is 92.6 cm³/mol. The number of ether oxygens (including phenoxy) is 2. The number of carbonyl (C=O) groups excluding carboxylic acids is 1. The van der Waals surface area contributed by atoms with Crippen LogP contribution in [0.15, 0.2) is 35.4 Å². The maximum absolute atomic E-state index is 12.6. The van der Waals surface area contributed by atoms with Gasteiger partial charge < -0.3 is 14.4 Å². The van der Waals surface area contributed by atoms with Gasteiger partial charge >= 0.3 is 0 Å². The largest absolute Gasteiger partial charge is 0.497 e. The molecule has 1 fully saturated rings. The Morgan fingerprint density at radius 1 is 1.48 bits per heavy atom. The highest BCUT2D eigenvalue weighted by Gasteiger charge is 2.37. The first kappa shape index (κ1) is 16.4. The van der Waals surface area contributed by atoms with Crippen LogP contribution >= 0.6 is 11.8 Å². The molecule has 2 atom stereocenters. The fourth-order valence-corrected chi connectivity index (χ4v) is 4.18. The van der Waals surface area contributed by atoms with Gasteiger partial charge in [0.2, 0.25) is 5.91 Å². The summed E-state index contributed by atoms with van der Waals surface area (Å²) in [4.78, 5) is 15.6. The maximum atomic E-state index is 12.6. The topological polar surface area (TPSA) is 69.5 Å². The van der Waals surface area contributed by atoms with Crippen LogP contribution in [0.25, 0.3) is 0 Å². The second-order valence-electron chi connectivity index (χ2n) is 6.18. The zero-order valence-electron chi connectivity index (χ0n) is 14.0. The number of rotatable bonds is 4. The second kappa shape index (κ2) is 7.05. The first-order valence-electron chi connectivity index (χ1n) is 8.30. The number of aromatic nitrogens is 3. The minimum Gasteiger partial charge on any atom is -0.497 e. The number of methoxy groups -OCH3 is 1. The summed E-state index contributed by atoms with van der Waals surface area (Å²) in [5, 5.41) is 8.15. The average molecular weight is 360 g/mol. The molecule has 0 saturated carbocycles. The van der Waals surface area contributed by atoms with Gasteiger partial charge in [0, 0.05) is 18.0 Å². The SMILES string of the molecule is COc1cccc(SCC(=O)N2CC[C@@H]3OCc4cnnn4[C@H]3C2)c1. The number of fused-ring (bicyclic) bond motifs is 3. The standard InChI is InChI=1S/C17H20N4O3S/c1-23-13-3-2-4-14(7-13)25-11-17(22)20-6-5-16-15(9-20)21-12(10-24-16)8-18-19-21/h2-4,7-8,15-16H,5-6,9-11H2,1H3/t15-,16-/m0/s1. The van der Waals surface area contributed by atoms with Crippen molar-refractivity contribution in [3.05, 3.63) is 36.2 Å². The van der Waals surface area contributed by atoms with Gasteiger partial charge in [0.05, 0.1) is 43.5 Å². The van der Waals surface area contributed by atoms with Crippen LogP contribution in [0.4, 0.5) is 0 Å². The molecule has 8 heteroatoms. The fourth-order valence-electron chi connectivity index (χ4n) is 3.33. The monoisotopic (exact) mass is 360 g/mol. The number of piperidine rings is 1. The summed E-state index contributed by atoms with van der Waals surface area (Å²) in [6.07, 6.45) is 2.68. The zero-order chi connectivity index (χ0) is 17.2. The summed E-state index contributed by atoms with van der Waals surface area (Å²) in [5.74, 6) is 1.35. The van der Waals surface area contributed by atoms with Gasteiger partial charge in [-0.1, -0.05) is 11.3 Å². The molecule has 132 valence electrons. The van der Waals surface area contributed by atoms with Gasteiger partial charge in [-0.25, -0.2) is 4.68 Å². The van der Waals surface area contributed by atoms with Crippen molar-refractivity contribution in [2.45, 2.75) is 30.1 Å². The van der Waals surface area contributed by atoms with Crippen LogP contribution in [-0.4, -0.2) is 57.9 Å². The summed E-state index contributed by atoms with van der Waals surface area (Å²) >= 11 is 1.53. The first-order valence-corrected chi connectivity index (χ1v) is 9.28. The van der Waals surface area contributed by atoms with E-state index < -0.39 is 0 Å². The van der Waals surface area contributed by atoms with Gasteiger partial charge in [-0.2, -0.15) is 0 Å². The van der Waals surface area contributed by atoms with Crippen molar-refractivity contribution in [3.63, 3.8) is 0 Å². The van der Waals surface area contributed by atoms with Gasteiger partial charge in [0.15, 0.2) is 0 Å². The summed E-state index contributed by atoms with van der Waals surface area (Å²) in [5.41, 5.74) is 0.973. The third-order valence-electron chi connectivity index (χ3n) is 4.68.